The predicted molar refractivity (Wildman–Crippen MR) is 76.4 cm³/mol. The molecule has 0 bridgehead atoms. The zero-order valence-electron chi connectivity index (χ0n) is 11.7. The minimum Gasteiger partial charge on any atom is -0.496 e. The lowest BCUT2D eigenvalue weighted by atomic mass is 10.1. The monoisotopic (exact) mass is 278 g/mol. The largest absolute Gasteiger partial charge is 0.496 e. The van der Waals surface area contributed by atoms with E-state index in [2.05, 4.69) is 5.32 Å². The van der Waals surface area contributed by atoms with E-state index in [-0.39, 0.29) is 17.9 Å². The number of aliphatic hydroxyl groups is 1. The molecule has 110 valence electrons. The van der Waals surface area contributed by atoms with Crippen LogP contribution in [0.1, 0.15) is 18.4 Å². The molecule has 1 aliphatic rings. The third-order valence-electron chi connectivity index (χ3n) is 3.83. The van der Waals surface area contributed by atoms with E-state index in [1.807, 2.05) is 24.3 Å². The molecule has 0 heterocycles. The molecule has 2 rings (SSSR count). The highest BCUT2D eigenvalue weighted by Crippen LogP contribution is 2.24. The fourth-order valence-corrected chi connectivity index (χ4v) is 2.64. The number of rotatable bonds is 5. The number of nitrogens with one attached hydrogen (secondary N) is 1. The molecule has 1 aromatic carbocycles. The Morgan fingerprint density at radius 2 is 2.20 bits per heavy atom. The van der Waals surface area contributed by atoms with Crippen molar-refractivity contribution in [3.8, 4) is 5.75 Å². The lowest BCUT2D eigenvalue weighted by Gasteiger charge is -2.12. The van der Waals surface area contributed by atoms with Crippen LogP contribution in [-0.2, 0) is 11.2 Å². The normalized spacial score (nSPS) is 25.4. The number of amides is 1. The average Bonchev–Trinajstić information content (AvgIpc) is 2.79. The molecule has 1 aliphatic carbocycles. The summed E-state index contributed by atoms with van der Waals surface area (Å²) in [5.74, 6) is 0.643. The Hall–Kier alpha value is -1.59. The second-order valence-corrected chi connectivity index (χ2v) is 5.25. The van der Waals surface area contributed by atoms with Crippen LogP contribution in [0.5, 0.6) is 5.75 Å². The number of nitrogens with two attached hydrogens (primary N) is 1. The first-order chi connectivity index (χ1) is 9.61. The summed E-state index contributed by atoms with van der Waals surface area (Å²) in [4.78, 5) is 12.0. The Bertz CT molecular complexity index is 454. The highest BCUT2D eigenvalue weighted by atomic mass is 16.5. The van der Waals surface area contributed by atoms with Crippen LogP contribution in [0.25, 0.3) is 0 Å². The van der Waals surface area contributed by atoms with E-state index in [1.54, 1.807) is 7.11 Å². The van der Waals surface area contributed by atoms with Crippen LogP contribution >= 0.6 is 0 Å². The highest BCUT2D eigenvalue weighted by molar-refractivity contribution is 5.79. The number of hydrogen-bond acceptors (Lipinski definition) is 4. The number of benzene rings is 1. The topological polar surface area (TPSA) is 84.6 Å². The summed E-state index contributed by atoms with van der Waals surface area (Å²) in [6.07, 6.45) is 1.18. The van der Waals surface area contributed by atoms with Crippen molar-refractivity contribution in [3.63, 3.8) is 0 Å². The molecule has 0 aromatic heterocycles. The molecule has 4 N–H and O–H groups in total. The van der Waals surface area contributed by atoms with E-state index in [1.165, 1.54) is 0 Å². The molecule has 0 spiro atoms. The fourth-order valence-electron chi connectivity index (χ4n) is 2.64. The van der Waals surface area contributed by atoms with Crippen LogP contribution in [0.15, 0.2) is 24.3 Å². The zero-order valence-corrected chi connectivity index (χ0v) is 11.7. The van der Waals surface area contributed by atoms with Gasteiger partial charge in [0.25, 0.3) is 0 Å². The van der Waals surface area contributed by atoms with Gasteiger partial charge in [0.15, 0.2) is 0 Å². The number of methoxy groups -OCH3 is 1. The van der Waals surface area contributed by atoms with Gasteiger partial charge in [-0.05, 0) is 30.9 Å². The van der Waals surface area contributed by atoms with Crippen LogP contribution in [0.4, 0.5) is 0 Å². The summed E-state index contributed by atoms with van der Waals surface area (Å²) in [6, 6.07) is 7.48. The van der Waals surface area contributed by atoms with Gasteiger partial charge in [0.2, 0.25) is 5.91 Å². The molecule has 1 fully saturated rings. The molecule has 3 atom stereocenters. The van der Waals surface area contributed by atoms with Crippen molar-refractivity contribution < 1.29 is 14.6 Å². The summed E-state index contributed by atoms with van der Waals surface area (Å²) in [5.41, 5.74) is 6.79. The molecule has 1 amide bonds. The summed E-state index contributed by atoms with van der Waals surface area (Å²) >= 11 is 0. The van der Waals surface area contributed by atoms with Gasteiger partial charge in [-0.15, -0.1) is 0 Å². The third kappa shape index (κ3) is 3.49. The Labute approximate surface area is 119 Å². The van der Waals surface area contributed by atoms with Crippen LogP contribution in [-0.4, -0.2) is 36.8 Å². The van der Waals surface area contributed by atoms with E-state index in [0.717, 1.165) is 17.7 Å². The van der Waals surface area contributed by atoms with Gasteiger partial charge in [-0.25, -0.2) is 0 Å². The fraction of sp³-hybridized carbons (Fsp3) is 0.533. The van der Waals surface area contributed by atoms with Gasteiger partial charge in [0.05, 0.1) is 13.2 Å². The number of para-hydroxylation sites is 1. The number of hydrogen-bond donors (Lipinski definition) is 3. The molecule has 20 heavy (non-hydrogen) atoms. The van der Waals surface area contributed by atoms with E-state index in [0.29, 0.717) is 19.4 Å². The first-order valence-electron chi connectivity index (χ1n) is 6.95. The van der Waals surface area contributed by atoms with E-state index in [4.69, 9.17) is 10.5 Å². The Morgan fingerprint density at radius 1 is 1.45 bits per heavy atom. The molecule has 5 nitrogen and oxygen atoms in total. The number of carbonyl (C=O) groups excluding carboxylic acids is 1. The van der Waals surface area contributed by atoms with Crippen molar-refractivity contribution in [1.29, 1.82) is 0 Å². The lowest BCUT2D eigenvalue weighted by molar-refractivity contribution is -0.125. The Balaban J connectivity index is 1.80. The van der Waals surface area contributed by atoms with Gasteiger partial charge in [0.1, 0.15) is 5.75 Å². The first-order valence-corrected chi connectivity index (χ1v) is 6.95. The van der Waals surface area contributed by atoms with Gasteiger partial charge in [-0.3, -0.25) is 4.79 Å². The van der Waals surface area contributed by atoms with Crippen molar-refractivity contribution in [2.75, 3.05) is 13.7 Å². The molecular weight excluding hydrogens is 256 g/mol. The molecular formula is C15H22N2O3. The maximum absolute atomic E-state index is 12.0. The molecule has 1 saturated carbocycles. The molecule has 0 aliphatic heterocycles. The Morgan fingerprint density at radius 3 is 2.85 bits per heavy atom. The quantitative estimate of drug-likeness (QED) is 0.730. The van der Waals surface area contributed by atoms with Crippen molar-refractivity contribution in [1.82, 2.24) is 5.32 Å². The molecule has 0 saturated heterocycles. The standard InChI is InChI=1S/C15H22N2O3/c1-20-14-5-3-2-4-10(14)6-7-17-15(19)11-8-12(16)13(18)9-11/h2-5,11-13,18H,6-9,16H2,1H3,(H,17,19)/t11-,12-,13-/m0/s1. The van der Waals surface area contributed by atoms with Crippen LogP contribution < -0.4 is 15.8 Å². The van der Waals surface area contributed by atoms with E-state index in [9.17, 15) is 9.90 Å². The van der Waals surface area contributed by atoms with Crippen LogP contribution in [0.3, 0.4) is 0 Å². The summed E-state index contributed by atoms with van der Waals surface area (Å²) in [7, 11) is 1.64. The van der Waals surface area contributed by atoms with Gasteiger partial charge in [-0.1, -0.05) is 18.2 Å². The molecule has 0 unspecified atom stereocenters. The van der Waals surface area contributed by atoms with Gasteiger partial charge >= 0.3 is 0 Å². The van der Waals surface area contributed by atoms with Gasteiger partial charge in [0, 0.05) is 18.5 Å². The van der Waals surface area contributed by atoms with E-state index >= 15 is 0 Å². The van der Waals surface area contributed by atoms with Crippen molar-refractivity contribution in [2.45, 2.75) is 31.4 Å². The van der Waals surface area contributed by atoms with Crippen molar-refractivity contribution in [2.24, 2.45) is 11.7 Å². The lowest BCUT2D eigenvalue weighted by Crippen LogP contribution is -2.32. The SMILES string of the molecule is COc1ccccc1CCNC(=O)[C@H]1C[C@H](N)[C@@H](O)C1. The van der Waals surface area contributed by atoms with Crippen LogP contribution in [0.2, 0.25) is 0 Å². The van der Waals surface area contributed by atoms with Crippen LogP contribution in [0, 0.1) is 5.92 Å². The predicted octanol–water partition coefficient (Wildman–Crippen LogP) is 0.452. The van der Waals surface area contributed by atoms with E-state index < -0.39 is 6.10 Å². The average molecular weight is 278 g/mol. The summed E-state index contributed by atoms with van der Waals surface area (Å²) < 4.78 is 5.27. The van der Waals surface area contributed by atoms with Gasteiger partial charge < -0.3 is 20.9 Å². The third-order valence-corrected chi connectivity index (χ3v) is 3.83. The first kappa shape index (κ1) is 14.8. The maximum atomic E-state index is 12.0. The second kappa shape index (κ2) is 6.72. The highest BCUT2D eigenvalue weighted by Gasteiger charge is 2.34. The minimum atomic E-state index is -0.556. The smallest absolute Gasteiger partial charge is 0.223 e. The van der Waals surface area contributed by atoms with Crippen molar-refractivity contribution in [3.05, 3.63) is 29.8 Å². The molecule has 5 heteroatoms. The number of ether oxygens (including phenoxy) is 1. The molecule has 1 aromatic rings. The Kier molecular flexibility index (Phi) is 4.98. The zero-order chi connectivity index (χ0) is 14.5. The van der Waals surface area contributed by atoms with Gasteiger partial charge in [-0.2, -0.15) is 0 Å². The molecule has 0 radical (unpaired) electrons. The summed E-state index contributed by atoms with van der Waals surface area (Å²) in [5, 5.41) is 12.5. The number of carbonyl (C=O) groups is 1. The maximum Gasteiger partial charge on any atom is 0.223 e. The summed E-state index contributed by atoms with van der Waals surface area (Å²) in [6.45, 7) is 0.557. The minimum absolute atomic E-state index is 0.0214. The number of aliphatic hydroxyl groups excluding tert-OH is 1. The second-order valence-electron chi connectivity index (χ2n) is 5.25. The van der Waals surface area contributed by atoms with Crippen molar-refractivity contribution >= 4 is 5.91 Å².